The molecule has 32 heavy (non-hydrogen) atoms. The second-order valence-electron chi connectivity index (χ2n) is 7.89. The molecule has 2 aliphatic rings. The third-order valence-corrected chi connectivity index (χ3v) is 6.72. The van der Waals surface area contributed by atoms with Crippen LogP contribution >= 0.6 is 11.3 Å². The summed E-state index contributed by atoms with van der Waals surface area (Å²) in [6.45, 7) is 5.77. The number of aromatic nitrogens is 3. The van der Waals surface area contributed by atoms with Gasteiger partial charge in [-0.25, -0.2) is 14.5 Å². The van der Waals surface area contributed by atoms with Crippen LogP contribution < -0.4 is 10.6 Å². The van der Waals surface area contributed by atoms with Crippen molar-refractivity contribution in [1.29, 1.82) is 0 Å². The molecular weight excluding hydrogens is 424 g/mol. The van der Waals surface area contributed by atoms with Crippen molar-refractivity contribution in [1.82, 2.24) is 15.0 Å². The summed E-state index contributed by atoms with van der Waals surface area (Å²) >= 11 is 1.40. The minimum absolute atomic E-state index is 0.00661. The zero-order chi connectivity index (χ0) is 22.1. The molecule has 2 aromatic heterocycles. The lowest BCUT2D eigenvalue weighted by molar-refractivity contribution is -0.447. The van der Waals surface area contributed by atoms with Crippen LogP contribution in [0.1, 0.15) is 64.8 Å². The maximum atomic E-state index is 12.7. The van der Waals surface area contributed by atoms with E-state index in [1.807, 2.05) is 30.5 Å². The molecule has 1 saturated heterocycles. The Hall–Kier alpha value is -3.17. The fourth-order valence-electron chi connectivity index (χ4n) is 3.84. The number of nitrogens with zero attached hydrogens (tertiary/aromatic N) is 4. The molecule has 4 heterocycles. The van der Waals surface area contributed by atoms with Crippen LogP contribution in [0.25, 0.3) is 0 Å². The summed E-state index contributed by atoms with van der Waals surface area (Å²) in [5, 5.41) is 7.26. The summed E-state index contributed by atoms with van der Waals surface area (Å²) in [6, 6.07) is 7.81. The number of amides is 1. The van der Waals surface area contributed by atoms with E-state index < -0.39 is 0 Å². The maximum Gasteiger partial charge on any atom is 0.355 e. The number of nitrogens with one attached hydrogen (secondary N) is 2. The van der Waals surface area contributed by atoms with Crippen molar-refractivity contribution >= 4 is 40.8 Å². The molecule has 3 aromatic rings. The van der Waals surface area contributed by atoms with Gasteiger partial charge in [0.1, 0.15) is 22.2 Å². The minimum atomic E-state index is -0.159. The van der Waals surface area contributed by atoms with Gasteiger partial charge in [0.15, 0.2) is 5.69 Å². The molecule has 9 heteroatoms. The average Bonchev–Trinajstić information content (AvgIpc) is 3.48. The van der Waals surface area contributed by atoms with Gasteiger partial charge in [-0.3, -0.25) is 4.79 Å². The summed E-state index contributed by atoms with van der Waals surface area (Å²) in [7, 11) is 0. The molecule has 2 aliphatic heterocycles. The monoisotopic (exact) mass is 449 g/mol. The molecular formula is C23H25N6O2S+. The first kappa shape index (κ1) is 20.7. The van der Waals surface area contributed by atoms with Crippen molar-refractivity contribution in [2.24, 2.45) is 0 Å². The van der Waals surface area contributed by atoms with Crippen LogP contribution in [-0.2, 0) is 4.74 Å². The molecule has 0 saturated carbocycles. The van der Waals surface area contributed by atoms with Crippen LogP contribution in [0.3, 0.4) is 0 Å². The van der Waals surface area contributed by atoms with E-state index in [0.29, 0.717) is 4.88 Å². The molecule has 164 valence electrons. The van der Waals surface area contributed by atoms with Crippen LogP contribution in [0.5, 0.6) is 0 Å². The summed E-state index contributed by atoms with van der Waals surface area (Å²) in [4.78, 5) is 26.8. The molecule has 1 fully saturated rings. The standard InChI is InChI=1S/C23H24N6O2S/c1-3-29-13-17-21(29)28-20(12-24-17)26-14(2)15-6-4-7-16(10-15)27-22(30)19-11-25-23(32-19)18-8-5-9-31-18/h4,6-7,10-14,18H,3,5,8-9H2,1-2H3,(H,27,30)/p+1. The van der Waals surface area contributed by atoms with E-state index in [4.69, 9.17) is 4.74 Å². The molecule has 0 radical (unpaired) electrons. The van der Waals surface area contributed by atoms with E-state index in [9.17, 15) is 4.79 Å². The summed E-state index contributed by atoms with van der Waals surface area (Å²) in [5.74, 6) is 1.47. The predicted octanol–water partition coefficient (Wildman–Crippen LogP) is 4.31. The lowest BCUT2D eigenvalue weighted by Gasteiger charge is -2.16. The number of hydrogen-bond acceptors (Lipinski definition) is 7. The van der Waals surface area contributed by atoms with E-state index >= 15 is 0 Å². The van der Waals surface area contributed by atoms with Gasteiger partial charge in [0.05, 0.1) is 25.0 Å². The van der Waals surface area contributed by atoms with E-state index in [1.54, 1.807) is 12.4 Å². The van der Waals surface area contributed by atoms with Crippen molar-refractivity contribution < 1.29 is 14.1 Å². The van der Waals surface area contributed by atoms with Gasteiger partial charge in [-0.05, 0) is 49.4 Å². The summed E-state index contributed by atoms with van der Waals surface area (Å²) in [5.41, 5.74) is 2.69. The van der Waals surface area contributed by atoms with Gasteiger partial charge in [-0.15, -0.1) is 11.3 Å². The number of rotatable bonds is 7. The van der Waals surface area contributed by atoms with E-state index in [0.717, 1.165) is 59.6 Å². The van der Waals surface area contributed by atoms with Crippen molar-refractivity contribution in [3.8, 4) is 0 Å². The van der Waals surface area contributed by atoms with Gasteiger partial charge in [0.25, 0.3) is 11.7 Å². The number of ether oxygens (including phenoxy) is 1. The number of thiazole rings is 1. The number of anilines is 2. The van der Waals surface area contributed by atoms with Gasteiger partial charge in [-0.2, -0.15) is 0 Å². The Bertz CT molecular complexity index is 1180. The summed E-state index contributed by atoms with van der Waals surface area (Å²) in [6.07, 6.45) is 7.40. The van der Waals surface area contributed by atoms with Crippen LogP contribution in [-0.4, -0.2) is 44.8 Å². The molecule has 2 atom stereocenters. The Morgan fingerprint density at radius 3 is 3.06 bits per heavy atom. The third-order valence-electron chi connectivity index (χ3n) is 5.63. The first-order valence-corrected chi connectivity index (χ1v) is 11.7. The molecule has 1 aromatic carbocycles. The highest BCUT2D eigenvalue weighted by molar-refractivity contribution is 7.13. The Kier molecular flexibility index (Phi) is 5.67. The molecule has 5 rings (SSSR count). The quantitative estimate of drug-likeness (QED) is 0.523. The van der Waals surface area contributed by atoms with E-state index in [1.165, 1.54) is 11.3 Å². The van der Waals surface area contributed by atoms with Crippen molar-refractivity contribution in [3.05, 3.63) is 57.8 Å². The zero-order valence-electron chi connectivity index (χ0n) is 18.0. The molecule has 8 nitrogen and oxygen atoms in total. The second kappa shape index (κ2) is 8.76. The average molecular weight is 450 g/mol. The lowest BCUT2D eigenvalue weighted by atomic mass is 10.1. The number of carbonyl (C=O) groups excluding carboxylic acids is 1. The topological polar surface area (TPSA) is 92.0 Å². The number of hydrogen-bond donors (Lipinski definition) is 2. The van der Waals surface area contributed by atoms with Crippen LogP contribution in [0.4, 0.5) is 17.3 Å². The van der Waals surface area contributed by atoms with Gasteiger partial charge in [-0.1, -0.05) is 12.1 Å². The highest BCUT2D eigenvalue weighted by Crippen LogP contribution is 2.32. The minimum Gasteiger partial charge on any atom is -0.371 e. The van der Waals surface area contributed by atoms with Crippen LogP contribution in [0.15, 0.2) is 36.7 Å². The number of benzene rings is 1. The SMILES string of the molecule is CC[N+]1=Cc2ncc(NC(C)c3cccc(NC(=O)c4cnc(C5CCCO5)s4)c3)nc21. The highest BCUT2D eigenvalue weighted by Gasteiger charge is 2.28. The normalized spacial score (nSPS) is 17.8. The van der Waals surface area contributed by atoms with Crippen molar-refractivity contribution in [2.75, 3.05) is 23.8 Å². The molecule has 0 bridgehead atoms. The van der Waals surface area contributed by atoms with Gasteiger partial charge >= 0.3 is 5.82 Å². The smallest absolute Gasteiger partial charge is 0.355 e. The fraction of sp³-hybridized carbons (Fsp3) is 0.348. The summed E-state index contributed by atoms with van der Waals surface area (Å²) < 4.78 is 7.73. The molecule has 1 amide bonds. The Morgan fingerprint density at radius 1 is 1.34 bits per heavy atom. The van der Waals surface area contributed by atoms with E-state index in [2.05, 4.69) is 44.0 Å². The number of carbonyl (C=O) groups is 1. The van der Waals surface area contributed by atoms with Crippen LogP contribution in [0.2, 0.25) is 0 Å². The third kappa shape index (κ3) is 4.13. The second-order valence-corrected chi connectivity index (χ2v) is 8.95. The molecule has 2 N–H and O–H groups in total. The Morgan fingerprint density at radius 2 is 2.25 bits per heavy atom. The first-order chi connectivity index (χ1) is 15.6. The molecule has 0 spiro atoms. The Labute approximate surface area is 190 Å². The fourth-order valence-corrected chi connectivity index (χ4v) is 4.74. The highest BCUT2D eigenvalue weighted by atomic mass is 32.1. The van der Waals surface area contributed by atoms with Gasteiger partial charge < -0.3 is 15.4 Å². The first-order valence-electron chi connectivity index (χ1n) is 10.8. The molecule has 0 aliphatic carbocycles. The predicted molar refractivity (Wildman–Crippen MR) is 124 cm³/mol. The van der Waals surface area contributed by atoms with Crippen molar-refractivity contribution in [2.45, 2.75) is 38.8 Å². The largest absolute Gasteiger partial charge is 0.371 e. The maximum absolute atomic E-state index is 12.7. The zero-order valence-corrected chi connectivity index (χ0v) is 18.9. The van der Waals surface area contributed by atoms with Crippen molar-refractivity contribution in [3.63, 3.8) is 0 Å². The van der Waals surface area contributed by atoms with Gasteiger partial charge in [0.2, 0.25) is 0 Å². The Balaban J connectivity index is 1.24. The number of fused-ring (bicyclic) bond motifs is 1. The van der Waals surface area contributed by atoms with Gasteiger partial charge in [0, 0.05) is 12.3 Å². The lowest BCUT2D eigenvalue weighted by Crippen LogP contribution is -2.22. The van der Waals surface area contributed by atoms with Crippen LogP contribution in [0, 0.1) is 0 Å². The molecule has 2 unspecified atom stereocenters. The van der Waals surface area contributed by atoms with E-state index in [-0.39, 0.29) is 18.1 Å².